The van der Waals surface area contributed by atoms with Crippen LogP contribution in [-0.4, -0.2) is 44.7 Å². The van der Waals surface area contributed by atoms with Crippen molar-refractivity contribution < 1.29 is 22.7 Å². The highest BCUT2D eigenvalue weighted by molar-refractivity contribution is 7.16. The number of thiazole rings is 1. The average Bonchev–Trinajstić information content (AvgIpc) is 3.33. The Hall–Kier alpha value is -2.76. The van der Waals surface area contributed by atoms with Crippen LogP contribution in [0.25, 0.3) is 11.3 Å². The molecule has 3 aromatic rings. The van der Waals surface area contributed by atoms with Crippen LogP contribution in [0.5, 0.6) is 5.75 Å². The number of carbonyl (C=O) groups excluding carboxylic acids is 1. The summed E-state index contributed by atoms with van der Waals surface area (Å²) in [5, 5.41) is 3.17. The van der Waals surface area contributed by atoms with Crippen LogP contribution < -0.4 is 10.1 Å². The number of carbonyl (C=O) groups is 1. The molecule has 0 spiro atoms. The van der Waals surface area contributed by atoms with Crippen molar-refractivity contribution in [3.05, 3.63) is 51.9 Å². The highest BCUT2D eigenvalue weighted by atomic mass is 35.5. The lowest BCUT2D eigenvalue weighted by Crippen LogP contribution is -2.25. The van der Waals surface area contributed by atoms with Crippen molar-refractivity contribution in [3.63, 3.8) is 0 Å². The normalized spacial score (nSPS) is 16.6. The average molecular weight is 512 g/mol. The van der Waals surface area contributed by atoms with Crippen molar-refractivity contribution in [2.24, 2.45) is 0 Å². The zero-order valence-corrected chi connectivity index (χ0v) is 19.9. The van der Waals surface area contributed by atoms with E-state index in [1.54, 1.807) is 13.0 Å². The second kappa shape index (κ2) is 9.85. The highest BCUT2D eigenvalue weighted by Gasteiger charge is 2.31. The van der Waals surface area contributed by atoms with Crippen molar-refractivity contribution in [3.8, 4) is 17.0 Å². The van der Waals surface area contributed by atoms with E-state index in [1.807, 2.05) is 0 Å². The van der Waals surface area contributed by atoms with Crippen LogP contribution in [0.3, 0.4) is 0 Å². The van der Waals surface area contributed by atoms with E-state index in [0.29, 0.717) is 34.5 Å². The van der Waals surface area contributed by atoms with E-state index in [2.05, 4.69) is 36.8 Å². The van der Waals surface area contributed by atoms with Crippen molar-refractivity contribution in [2.45, 2.75) is 45.6 Å². The number of hydrogen-bond donors (Lipinski definition) is 1. The first kappa shape index (κ1) is 24.4. The molecule has 0 unspecified atom stereocenters. The van der Waals surface area contributed by atoms with E-state index in [0.717, 1.165) is 24.3 Å². The number of nitrogens with zero attached hydrogens (tertiary/aromatic N) is 4. The molecule has 1 aliphatic rings. The van der Waals surface area contributed by atoms with Gasteiger partial charge in [-0.25, -0.2) is 15.0 Å². The molecule has 1 saturated heterocycles. The van der Waals surface area contributed by atoms with Gasteiger partial charge in [0.1, 0.15) is 16.6 Å². The first-order valence-corrected chi connectivity index (χ1v) is 11.7. The number of amides is 1. The monoisotopic (exact) mass is 511 g/mol. The summed E-state index contributed by atoms with van der Waals surface area (Å²) in [5.74, 6) is -0.839. The Morgan fingerprint density at radius 3 is 2.74 bits per heavy atom. The van der Waals surface area contributed by atoms with Gasteiger partial charge in [0.2, 0.25) is 0 Å². The van der Waals surface area contributed by atoms with Gasteiger partial charge < -0.3 is 4.74 Å². The number of ether oxygens (including phenoxy) is 1. The van der Waals surface area contributed by atoms with E-state index < -0.39 is 12.3 Å². The summed E-state index contributed by atoms with van der Waals surface area (Å²) in [6.45, 7) is 5.30. The largest absolute Gasteiger partial charge is 0.573 e. The number of hydrogen-bond acceptors (Lipinski definition) is 7. The van der Waals surface area contributed by atoms with Crippen LogP contribution in [0.1, 0.15) is 40.7 Å². The molecule has 7 nitrogen and oxygen atoms in total. The van der Waals surface area contributed by atoms with E-state index >= 15 is 0 Å². The van der Waals surface area contributed by atoms with Crippen molar-refractivity contribution >= 4 is 34.0 Å². The summed E-state index contributed by atoms with van der Waals surface area (Å²) in [5.41, 5.74) is 1.63. The molecule has 12 heteroatoms. The third-order valence-corrected chi connectivity index (χ3v) is 6.52. The smallest absolute Gasteiger partial charge is 0.406 e. The van der Waals surface area contributed by atoms with Gasteiger partial charge in [-0.3, -0.25) is 15.0 Å². The minimum atomic E-state index is -4.81. The Bertz CT molecular complexity index is 1190. The second-order valence-electron chi connectivity index (χ2n) is 8.01. The van der Waals surface area contributed by atoms with E-state index in [9.17, 15) is 18.0 Å². The van der Waals surface area contributed by atoms with Crippen LogP contribution in [0.4, 0.5) is 18.3 Å². The summed E-state index contributed by atoms with van der Waals surface area (Å²) < 4.78 is 42.6. The van der Waals surface area contributed by atoms with Gasteiger partial charge in [0.05, 0.1) is 18.1 Å². The molecule has 1 aromatic carbocycles. The molecule has 1 amide bonds. The first-order chi connectivity index (χ1) is 16.1. The van der Waals surface area contributed by atoms with Crippen LogP contribution in [0.15, 0.2) is 30.6 Å². The van der Waals surface area contributed by atoms with E-state index in [4.69, 9.17) is 11.6 Å². The lowest BCUT2D eigenvalue weighted by molar-refractivity contribution is -0.274. The van der Waals surface area contributed by atoms with Crippen LogP contribution in [0.2, 0.25) is 5.15 Å². The molecule has 0 aliphatic carbocycles. The number of alkyl halides is 3. The van der Waals surface area contributed by atoms with Gasteiger partial charge >= 0.3 is 6.36 Å². The van der Waals surface area contributed by atoms with Gasteiger partial charge in [-0.2, -0.15) is 0 Å². The van der Waals surface area contributed by atoms with Gasteiger partial charge in [0.15, 0.2) is 5.13 Å². The minimum Gasteiger partial charge on any atom is -0.406 e. The van der Waals surface area contributed by atoms with Crippen LogP contribution in [-0.2, 0) is 6.54 Å². The summed E-state index contributed by atoms with van der Waals surface area (Å²) in [4.78, 5) is 28.1. The zero-order chi connectivity index (χ0) is 24.5. The number of nitrogens with one attached hydrogen (secondary N) is 1. The number of likely N-dealkylation sites (tertiary alicyclic amines) is 1. The van der Waals surface area contributed by atoms with E-state index in [-0.39, 0.29) is 16.6 Å². The summed E-state index contributed by atoms with van der Waals surface area (Å²) >= 11 is 7.00. The number of halogens is 4. The van der Waals surface area contributed by atoms with Crippen molar-refractivity contribution in [1.29, 1.82) is 0 Å². The molecule has 3 heterocycles. The van der Waals surface area contributed by atoms with Gasteiger partial charge in [-0.1, -0.05) is 22.9 Å². The van der Waals surface area contributed by atoms with Gasteiger partial charge in [0, 0.05) is 23.0 Å². The van der Waals surface area contributed by atoms with Crippen molar-refractivity contribution in [1.82, 2.24) is 19.9 Å². The maximum Gasteiger partial charge on any atom is 0.573 e. The Morgan fingerprint density at radius 1 is 1.29 bits per heavy atom. The maximum atomic E-state index is 12.8. The van der Waals surface area contributed by atoms with Gasteiger partial charge in [-0.15, -0.1) is 13.2 Å². The summed E-state index contributed by atoms with van der Waals surface area (Å²) in [6.07, 6.45) is -0.151. The SMILES string of the molecule is Cc1cc(OC(F)(F)F)cc(-c2nc(NC(=O)c3cnc(Cl)cn3)sc2CN2CCC[C@H]2C)c1. The van der Waals surface area contributed by atoms with Gasteiger partial charge in [0.25, 0.3) is 5.91 Å². The fourth-order valence-corrected chi connectivity index (χ4v) is 4.92. The number of anilines is 1. The zero-order valence-electron chi connectivity index (χ0n) is 18.3. The fraction of sp³-hybridized carbons (Fsp3) is 0.364. The molecule has 1 atom stereocenters. The topological polar surface area (TPSA) is 80.2 Å². The Morgan fingerprint density at radius 2 is 2.09 bits per heavy atom. The van der Waals surface area contributed by atoms with Crippen LogP contribution >= 0.6 is 22.9 Å². The fourth-order valence-electron chi connectivity index (χ4n) is 3.82. The molecule has 2 aromatic heterocycles. The molecule has 180 valence electrons. The minimum absolute atomic E-state index is 0.0623. The quantitative estimate of drug-likeness (QED) is 0.457. The molecule has 1 aliphatic heterocycles. The number of aromatic nitrogens is 3. The molecule has 4 rings (SSSR count). The first-order valence-electron chi connectivity index (χ1n) is 10.5. The third kappa shape index (κ3) is 6.02. The number of benzene rings is 1. The molecular formula is C22H21ClF3N5O2S. The number of rotatable bonds is 6. The van der Waals surface area contributed by atoms with E-state index in [1.165, 1.54) is 35.9 Å². The Balaban J connectivity index is 1.68. The molecule has 1 fully saturated rings. The Labute approximate surface area is 203 Å². The lowest BCUT2D eigenvalue weighted by Gasteiger charge is -2.20. The molecule has 1 N–H and O–H groups in total. The predicted molar refractivity (Wildman–Crippen MR) is 123 cm³/mol. The predicted octanol–water partition coefficient (Wildman–Crippen LogP) is 5.70. The lowest BCUT2D eigenvalue weighted by atomic mass is 10.1. The summed E-state index contributed by atoms with van der Waals surface area (Å²) in [7, 11) is 0. The Kier molecular flexibility index (Phi) is 7.06. The highest BCUT2D eigenvalue weighted by Crippen LogP contribution is 2.37. The second-order valence-corrected chi connectivity index (χ2v) is 9.48. The van der Waals surface area contributed by atoms with Crippen molar-refractivity contribution in [2.75, 3.05) is 11.9 Å². The molecular weight excluding hydrogens is 491 g/mol. The standard InChI is InChI=1S/C22H21ClF3N5O2S/c1-12-6-14(8-15(7-12)33-22(24,25)26)19-17(11-31-5-3-4-13(31)2)34-21(29-19)30-20(32)16-9-28-18(23)10-27-16/h6-10,13H,3-5,11H2,1-2H3,(H,29,30,32)/t13-/m1/s1. The third-order valence-electron chi connectivity index (χ3n) is 5.37. The molecule has 0 saturated carbocycles. The molecule has 0 radical (unpaired) electrons. The maximum absolute atomic E-state index is 12.8. The molecule has 0 bridgehead atoms. The van der Waals surface area contributed by atoms with Crippen LogP contribution in [0, 0.1) is 6.92 Å². The molecule has 34 heavy (non-hydrogen) atoms. The van der Waals surface area contributed by atoms with Gasteiger partial charge in [-0.05, 0) is 57.0 Å². The summed E-state index contributed by atoms with van der Waals surface area (Å²) in [6, 6.07) is 4.74. The number of aryl methyl sites for hydroxylation is 1.